The first-order valence-electron chi connectivity index (χ1n) is 5.83. The first-order valence-corrected chi connectivity index (χ1v) is 7.72. The van der Waals surface area contributed by atoms with Crippen molar-refractivity contribution in [1.29, 1.82) is 0 Å². The molecule has 106 valence electrons. The van der Waals surface area contributed by atoms with Crippen LogP contribution in [0.5, 0.6) is 5.75 Å². The normalized spacial score (nSPS) is 11.3. The molecule has 4 nitrogen and oxygen atoms in total. The Bertz CT molecular complexity index is 729. The molecule has 0 saturated heterocycles. The predicted molar refractivity (Wildman–Crippen MR) is 74.7 cm³/mol. The number of sulfone groups is 1. The van der Waals surface area contributed by atoms with Gasteiger partial charge >= 0.3 is 0 Å². The van der Waals surface area contributed by atoms with Crippen LogP contribution >= 0.6 is 0 Å². The molecule has 2 rings (SSSR count). The molecule has 0 aliphatic rings. The number of nitrogen functional groups attached to an aromatic ring is 1. The lowest BCUT2D eigenvalue weighted by Crippen LogP contribution is -2.02. The lowest BCUT2D eigenvalue weighted by molar-refractivity contribution is 0.305. The highest BCUT2D eigenvalue weighted by Crippen LogP contribution is 2.20. The van der Waals surface area contributed by atoms with Crippen LogP contribution in [-0.4, -0.2) is 14.7 Å². The van der Waals surface area contributed by atoms with Crippen molar-refractivity contribution in [2.75, 3.05) is 12.0 Å². The van der Waals surface area contributed by atoms with E-state index in [0.717, 1.165) is 6.26 Å². The zero-order valence-corrected chi connectivity index (χ0v) is 11.7. The summed E-state index contributed by atoms with van der Waals surface area (Å²) in [6, 6.07) is 10.1. The summed E-state index contributed by atoms with van der Waals surface area (Å²) in [5.74, 6) is -0.0146. The van der Waals surface area contributed by atoms with Crippen LogP contribution in [0, 0.1) is 5.82 Å². The van der Waals surface area contributed by atoms with Crippen molar-refractivity contribution in [3.05, 3.63) is 53.8 Å². The topological polar surface area (TPSA) is 69.4 Å². The summed E-state index contributed by atoms with van der Waals surface area (Å²) in [6.07, 6.45) is 1.12. The fraction of sp³-hybridized carbons (Fsp3) is 0.143. The summed E-state index contributed by atoms with van der Waals surface area (Å²) in [5, 5.41) is 0. The Balaban J connectivity index is 2.17. The summed E-state index contributed by atoms with van der Waals surface area (Å²) in [6.45, 7) is 0.0663. The number of ether oxygens (including phenoxy) is 1. The maximum absolute atomic E-state index is 13.1. The van der Waals surface area contributed by atoms with Crippen LogP contribution in [0.4, 0.5) is 10.1 Å². The van der Waals surface area contributed by atoms with Gasteiger partial charge in [-0.25, -0.2) is 12.8 Å². The summed E-state index contributed by atoms with van der Waals surface area (Å²) < 4.78 is 41.4. The van der Waals surface area contributed by atoms with Gasteiger partial charge in [0.25, 0.3) is 0 Å². The number of hydrogen-bond donors (Lipinski definition) is 1. The van der Waals surface area contributed by atoms with Gasteiger partial charge in [-0.2, -0.15) is 0 Å². The smallest absolute Gasteiger partial charge is 0.175 e. The van der Waals surface area contributed by atoms with E-state index in [-0.39, 0.29) is 11.5 Å². The largest absolute Gasteiger partial charge is 0.489 e. The van der Waals surface area contributed by atoms with Crippen molar-refractivity contribution in [1.82, 2.24) is 0 Å². The van der Waals surface area contributed by atoms with Gasteiger partial charge < -0.3 is 10.5 Å². The third-order valence-electron chi connectivity index (χ3n) is 2.73. The van der Waals surface area contributed by atoms with Crippen LogP contribution in [0.3, 0.4) is 0 Å². The van der Waals surface area contributed by atoms with Gasteiger partial charge in [0.05, 0.1) is 4.90 Å². The van der Waals surface area contributed by atoms with E-state index in [0.29, 0.717) is 17.0 Å². The minimum Gasteiger partial charge on any atom is -0.489 e. The molecule has 2 aromatic carbocycles. The van der Waals surface area contributed by atoms with Gasteiger partial charge in [-0.15, -0.1) is 0 Å². The predicted octanol–water partition coefficient (Wildman–Crippen LogP) is 2.39. The molecule has 0 heterocycles. The Hall–Kier alpha value is -2.08. The van der Waals surface area contributed by atoms with E-state index in [4.69, 9.17) is 10.5 Å². The lowest BCUT2D eigenvalue weighted by atomic mass is 10.2. The number of benzene rings is 2. The molecule has 0 amide bonds. The lowest BCUT2D eigenvalue weighted by Gasteiger charge is -2.09. The molecule has 0 aromatic heterocycles. The highest BCUT2D eigenvalue weighted by Gasteiger charge is 2.08. The minimum atomic E-state index is -3.29. The Morgan fingerprint density at radius 2 is 1.95 bits per heavy atom. The van der Waals surface area contributed by atoms with Crippen molar-refractivity contribution in [3.63, 3.8) is 0 Å². The Kier molecular flexibility index (Phi) is 3.94. The molecular weight excluding hydrogens is 281 g/mol. The average molecular weight is 295 g/mol. The molecule has 0 saturated carbocycles. The summed E-state index contributed by atoms with van der Waals surface area (Å²) in [5.41, 5.74) is 6.64. The number of hydrogen-bond acceptors (Lipinski definition) is 4. The van der Waals surface area contributed by atoms with Crippen LogP contribution in [0.2, 0.25) is 0 Å². The summed E-state index contributed by atoms with van der Waals surface area (Å²) >= 11 is 0. The van der Waals surface area contributed by atoms with Gasteiger partial charge in [0.15, 0.2) is 9.84 Å². The second-order valence-corrected chi connectivity index (χ2v) is 6.39. The average Bonchev–Trinajstić information content (AvgIpc) is 2.39. The fourth-order valence-corrected chi connectivity index (χ4v) is 2.31. The standard InChI is InChI=1S/C14H14FNO3S/c1-20(17,18)13-4-2-3-12(8-13)19-9-10-7-11(15)5-6-14(10)16/h2-8H,9,16H2,1H3. The van der Waals surface area contributed by atoms with Crippen LogP contribution in [0.15, 0.2) is 47.4 Å². The minimum absolute atomic E-state index is 0.0663. The molecule has 0 spiro atoms. The van der Waals surface area contributed by atoms with Gasteiger partial charge in [0.2, 0.25) is 0 Å². The van der Waals surface area contributed by atoms with Gasteiger partial charge in [-0.3, -0.25) is 0 Å². The van der Waals surface area contributed by atoms with E-state index >= 15 is 0 Å². The first kappa shape index (κ1) is 14.3. The van der Waals surface area contributed by atoms with Gasteiger partial charge in [-0.1, -0.05) is 6.07 Å². The van der Waals surface area contributed by atoms with Crippen molar-refractivity contribution >= 4 is 15.5 Å². The fourth-order valence-electron chi connectivity index (χ4n) is 1.66. The zero-order valence-electron chi connectivity index (χ0n) is 10.8. The SMILES string of the molecule is CS(=O)(=O)c1cccc(OCc2cc(F)ccc2N)c1. The molecule has 6 heteroatoms. The maximum atomic E-state index is 13.1. The van der Waals surface area contributed by atoms with E-state index in [1.54, 1.807) is 12.1 Å². The second-order valence-electron chi connectivity index (χ2n) is 4.38. The van der Waals surface area contributed by atoms with Gasteiger partial charge in [-0.05, 0) is 36.4 Å². The molecule has 0 fully saturated rings. The maximum Gasteiger partial charge on any atom is 0.175 e. The summed E-state index contributed by atoms with van der Waals surface area (Å²) in [7, 11) is -3.29. The monoisotopic (exact) mass is 295 g/mol. The molecule has 0 aliphatic carbocycles. The second kappa shape index (κ2) is 5.50. The van der Waals surface area contributed by atoms with Crippen LogP contribution in [-0.2, 0) is 16.4 Å². The molecule has 0 bridgehead atoms. The Morgan fingerprint density at radius 1 is 1.20 bits per heavy atom. The quantitative estimate of drug-likeness (QED) is 0.879. The third kappa shape index (κ3) is 3.48. The molecule has 0 radical (unpaired) electrons. The van der Waals surface area contributed by atoms with Crippen LogP contribution < -0.4 is 10.5 Å². The highest BCUT2D eigenvalue weighted by atomic mass is 32.2. The van der Waals surface area contributed by atoms with E-state index in [9.17, 15) is 12.8 Å². The van der Waals surface area contributed by atoms with E-state index in [1.807, 2.05) is 0 Å². The number of rotatable bonds is 4. The molecule has 20 heavy (non-hydrogen) atoms. The summed E-state index contributed by atoms with van der Waals surface area (Å²) in [4.78, 5) is 0.169. The van der Waals surface area contributed by atoms with E-state index in [1.165, 1.54) is 30.3 Å². The van der Waals surface area contributed by atoms with Gasteiger partial charge in [0.1, 0.15) is 18.2 Å². The van der Waals surface area contributed by atoms with E-state index < -0.39 is 15.7 Å². The molecule has 2 aromatic rings. The molecule has 2 N–H and O–H groups in total. The van der Waals surface area contributed by atoms with Crippen molar-refractivity contribution in [2.45, 2.75) is 11.5 Å². The Labute approximate surface area is 116 Å². The van der Waals surface area contributed by atoms with Gasteiger partial charge in [0, 0.05) is 17.5 Å². The molecule has 0 atom stereocenters. The number of nitrogens with two attached hydrogens (primary N) is 1. The molecule has 0 aliphatic heterocycles. The van der Waals surface area contributed by atoms with E-state index in [2.05, 4.69) is 0 Å². The number of anilines is 1. The van der Waals surface area contributed by atoms with Crippen molar-refractivity contribution in [3.8, 4) is 5.75 Å². The Morgan fingerprint density at radius 3 is 2.65 bits per heavy atom. The third-order valence-corrected chi connectivity index (χ3v) is 3.84. The first-order chi connectivity index (χ1) is 9.36. The van der Waals surface area contributed by atoms with Crippen molar-refractivity contribution in [2.24, 2.45) is 0 Å². The van der Waals surface area contributed by atoms with Crippen LogP contribution in [0.25, 0.3) is 0 Å². The van der Waals surface area contributed by atoms with Crippen LogP contribution in [0.1, 0.15) is 5.56 Å². The number of halogens is 1. The zero-order chi connectivity index (χ0) is 14.8. The van der Waals surface area contributed by atoms with Crippen molar-refractivity contribution < 1.29 is 17.5 Å². The molecular formula is C14H14FNO3S. The molecule has 0 unspecified atom stereocenters. The highest BCUT2D eigenvalue weighted by molar-refractivity contribution is 7.90.